The number of benzene rings is 2. The fraction of sp³-hybridized carbons (Fsp3) is 0.217. The van der Waals surface area contributed by atoms with E-state index < -0.39 is 5.54 Å². The first kappa shape index (κ1) is 18.4. The highest BCUT2D eigenvalue weighted by Gasteiger charge is 2.51. The summed E-state index contributed by atoms with van der Waals surface area (Å²) >= 11 is 1.52. The molecule has 0 saturated carbocycles. The van der Waals surface area contributed by atoms with Crippen LogP contribution in [0.5, 0.6) is 5.75 Å². The number of thiophene rings is 1. The van der Waals surface area contributed by atoms with Crippen LogP contribution in [0.2, 0.25) is 0 Å². The van der Waals surface area contributed by atoms with E-state index in [4.69, 9.17) is 10.7 Å². The molecule has 142 valence electrons. The van der Waals surface area contributed by atoms with Gasteiger partial charge in [0.25, 0.3) is 0 Å². The van der Waals surface area contributed by atoms with Crippen molar-refractivity contribution in [3.8, 4) is 16.2 Å². The van der Waals surface area contributed by atoms with Crippen molar-refractivity contribution in [2.45, 2.75) is 25.3 Å². The Morgan fingerprint density at radius 2 is 1.89 bits per heavy atom. The van der Waals surface area contributed by atoms with Crippen molar-refractivity contribution < 1.29 is 9.90 Å². The minimum absolute atomic E-state index is 0.0439. The molecule has 4 rings (SSSR count). The SMILES string of the molecule is CCCC1C(=O)C(c2ccccc2)(c2ccc(-c3cccc(O)c3)s2)N=C1N. The van der Waals surface area contributed by atoms with Gasteiger partial charge in [0, 0.05) is 9.75 Å². The van der Waals surface area contributed by atoms with E-state index >= 15 is 0 Å². The van der Waals surface area contributed by atoms with E-state index in [2.05, 4.69) is 0 Å². The standard InChI is InChI=1S/C23H22N2O2S/c1-2-7-18-21(27)23(25-22(18)24,16-9-4-3-5-10-16)20-13-12-19(28-20)15-8-6-11-17(26)14-15/h3-6,8-14,18,26H,2,7H2,1H3,(H2,24,25). The lowest BCUT2D eigenvalue weighted by atomic mass is 9.81. The molecule has 0 aliphatic carbocycles. The molecule has 0 amide bonds. The van der Waals surface area contributed by atoms with Crippen LogP contribution in [-0.2, 0) is 10.3 Å². The molecule has 1 aliphatic heterocycles. The molecule has 0 saturated heterocycles. The molecular weight excluding hydrogens is 368 g/mol. The number of carbonyl (C=O) groups excluding carboxylic acids is 1. The van der Waals surface area contributed by atoms with Crippen LogP contribution in [0.15, 0.2) is 71.7 Å². The topological polar surface area (TPSA) is 75.7 Å². The molecule has 2 unspecified atom stereocenters. The Balaban J connectivity index is 1.86. The van der Waals surface area contributed by atoms with Crippen LogP contribution in [0.3, 0.4) is 0 Å². The molecule has 2 aromatic carbocycles. The maximum Gasteiger partial charge on any atom is 0.180 e. The highest BCUT2D eigenvalue weighted by molar-refractivity contribution is 7.15. The van der Waals surface area contributed by atoms with Crippen molar-refractivity contribution in [3.05, 3.63) is 77.2 Å². The number of aliphatic imine (C=N–C) groups is 1. The highest BCUT2D eigenvalue weighted by Crippen LogP contribution is 2.46. The Morgan fingerprint density at radius 1 is 1.11 bits per heavy atom. The highest BCUT2D eigenvalue weighted by atomic mass is 32.1. The number of ketones is 1. The summed E-state index contributed by atoms with van der Waals surface area (Å²) in [7, 11) is 0. The van der Waals surface area contributed by atoms with E-state index in [-0.39, 0.29) is 17.5 Å². The average Bonchev–Trinajstić information content (AvgIpc) is 3.29. The zero-order valence-corrected chi connectivity index (χ0v) is 16.4. The first-order valence-corrected chi connectivity index (χ1v) is 10.2. The van der Waals surface area contributed by atoms with Crippen LogP contribution in [-0.4, -0.2) is 16.7 Å². The van der Waals surface area contributed by atoms with Crippen molar-refractivity contribution in [2.75, 3.05) is 0 Å². The van der Waals surface area contributed by atoms with Gasteiger partial charge in [0.2, 0.25) is 0 Å². The maximum atomic E-state index is 13.6. The Bertz CT molecular complexity index is 1040. The Morgan fingerprint density at radius 3 is 2.61 bits per heavy atom. The van der Waals surface area contributed by atoms with Gasteiger partial charge in [-0.2, -0.15) is 0 Å². The number of aromatic hydroxyl groups is 1. The van der Waals surface area contributed by atoms with Crippen LogP contribution in [0.1, 0.15) is 30.2 Å². The first-order chi connectivity index (χ1) is 13.6. The number of Topliss-reactive ketones (excluding diaryl/α,β-unsaturated/α-hetero) is 1. The predicted octanol–water partition coefficient (Wildman–Crippen LogP) is 4.72. The van der Waals surface area contributed by atoms with Crippen molar-refractivity contribution >= 4 is 23.0 Å². The molecule has 2 atom stereocenters. The summed E-state index contributed by atoms with van der Waals surface area (Å²) in [6, 6.07) is 20.7. The van der Waals surface area contributed by atoms with Gasteiger partial charge in [-0.05, 0) is 41.8 Å². The fourth-order valence-electron chi connectivity index (χ4n) is 3.83. The molecule has 2 heterocycles. The lowest BCUT2D eigenvalue weighted by molar-refractivity contribution is -0.124. The van der Waals surface area contributed by atoms with E-state index in [0.29, 0.717) is 12.3 Å². The lowest BCUT2D eigenvalue weighted by Gasteiger charge is -2.25. The summed E-state index contributed by atoms with van der Waals surface area (Å²) in [6.45, 7) is 2.05. The zero-order valence-electron chi connectivity index (χ0n) is 15.6. The molecule has 28 heavy (non-hydrogen) atoms. The smallest absolute Gasteiger partial charge is 0.180 e. The van der Waals surface area contributed by atoms with Gasteiger partial charge in [-0.15, -0.1) is 11.3 Å². The largest absolute Gasteiger partial charge is 0.508 e. The lowest BCUT2D eigenvalue weighted by Crippen LogP contribution is -2.35. The quantitative estimate of drug-likeness (QED) is 0.662. The number of nitrogens with two attached hydrogens (primary N) is 1. The third-order valence-corrected chi connectivity index (χ3v) is 6.43. The summed E-state index contributed by atoms with van der Waals surface area (Å²) < 4.78 is 0. The van der Waals surface area contributed by atoms with Crippen LogP contribution in [0, 0.1) is 5.92 Å². The minimum atomic E-state index is -1.09. The molecular formula is C23H22N2O2S. The van der Waals surface area contributed by atoms with Crippen LogP contribution >= 0.6 is 11.3 Å². The number of rotatable bonds is 5. The van der Waals surface area contributed by atoms with Gasteiger partial charge in [-0.1, -0.05) is 55.8 Å². The second-order valence-electron chi connectivity index (χ2n) is 7.03. The molecule has 4 nitrogen and oxygen atoms in total. The molecule has 3 N–H and O–H groups in total. The monoisotopic (exact) mass is 390 g/mol. The van der Waals surface area contributed by atoms with E-state index in [0.717, 1.165) is 27.3 Å². The molecule has 1 aromatic heterocycles. The summed E-state index contributed by atoms with van der Waals surface area (Å²) in [4.78, 5) is 20.2. The summed E-state index contributed by atoms with van der Waals surface area (Å²) in [5.74, 6) is 0.328. The number of hydrogen-bond donors (Lipinski definition) is 2. The van der Waals surface area contributed by atoms with E-state index in [1.54, 1.807) is 12.1 Å². The van der Waals surface area contributed by atoms with E-state index in [1.165, 1.54) is 11.3 Å². The average molecular weight is 391 g/mol. The molecule has 0 fully saturated rings. The third-order valence-electron chi connectivity index (χ3n) is 5.19. The minimum Gasteiger partial charge on any atom is -0.508 e. The zero-order chi connectivity index (χ0) is 19.7. The molecule has 3 aromatic rings. The van der Waals surface area contributed by atoms with Gasteiger partial charge in [0.05, 0.1) is 5.92 Å². The molecule has 0 spiro atoms. The predicted molar refractivity (Wildman–Crippen MR) is 114 cm³/mol. The number of carbonyl (C=O) groups is 1. The van der Waals surface area contributed by atoms with Gasteiger partial charge < -0.3 is 10.8 Å². The Labute approximate surface area is 168 Å². The van der Waals surface area contributed by atoms with Gasteiger partial charge in [0.1, 0.15) is 11.6 Å². The normalized spacial score (nSPS) is 21.7. The maximum absolute atomic E-state index is 13.6. The summed E-state index contributed by atoms with van der Waals surface area (Å²) in [6.07, 6.45) is 1.57. The fourth-order valence-corrected chi connectivity index (χ4v) is 5.00. The molecule has 1 aliphatic rings. The van der Waals surface area contributed by atoms with Crippen molar-refractivity contribution in [1.82, 2.24) is 0 Å². The second-order valence-corrected chi connectivity index (χ2v) is 8.12. The number of amidine groups is 1. The Hall–Kier alpha value is -2.92. The van der Waals surface area contributed by atoms with E-state index in [9.17, 15) is 9.90 Å². The van der Waals surface area contributed by atoms with Crippen molar-refractivity contribution in [1.29, 1.82) is 0 Å². The molecule has 0 bridgehead atoms. The number of phenolic OH excluding ortho intramolecular Hbond substituents is 1. The number of phenols is 1. The summed E-state index contributed by atoms with van der Waals surface area (Å²) in [5, 5.41) is 9.80. The third kappa shape index (κ3) is 2.92. The van der Waals surface area contributed by atoms with Gasteiger partial charge >= 0.3 is 0 Å². The van der Waals surface area contributed by atoms with Crippen LogP contribution < -0.4 is 5.73 Å². The molecule has 0 radical (unpaired) electrons. The van der Waals surface area contributed by atoms with E-state index in [1.807, 2.05) is 61.5 Å². The Kier molecular flexibility index (Phi) is 4.77. The number of hydrogen-bond acceptors (Lipinski definition) is 5. The number of nitrogens with zero attached hydrogens (tertiary/aromatic N) is 1. The molecule has 5 heteroatoms. The van der Waals surface area contributed by atoms with Crippen LogP contribution in [0.4, 0.5) is 0 Å². The van der Waals surface area contributed by atoms with Crippen molar-refractivity contribution in [3.63, 3.8) is 0 Å². The van der Waals surface area contributed by atoms with Gasteiger partial charge in [-0.25, -0.2) is 4.99 Å². The van der Waals surface area contributed by atoms with Crippen LogP contribution in [0.25, 0.3) is 10.4 Å². The van der Waals surface area contributed by atoms with Gasteiger partial charge in [0.15, 0.2) is 11.3 Å². The summed E-state index contributed by atoms with van der Waals surface area (Å²) in [5.41, 5.74) is 6.90. The second kappa shape index (κ2) is 7.24. The van der Waals surface area contributed by atoms with Gasteiger partial charge in [-0.3, -0.25) is 4.79 Å². The van der Waals surface area contributed by atoms with Crippen molar-refractivity contribution in [2.24, 2.45) is 16.6 Å². The first-order valence-electron chi connectivity index (χ1n) is 9.41.